The third-order valence-corrected chi connectivity index (χ3v) is 5.74. The first kappa shape index (κ1) is 21.3. The number of nitrogens with one attached hydrogen (secondary N) is 1. The van der Waals surface area contributed by atoms with Gasteiger partial charge < -0.3 is 14.8 Å². The van der Waals surface area contributed by atoms with Gasteiger partial charge in [0.1, 0.15) is 18.1 Å². The fourth-order valence-electron chi connectivity index (χ4n) is 4.10. The van der Waals surface area contributed by atoms with Crippen LogP contribution in [0.5, 0.6) is 11.5 Å². The molecule has 5 nitrogen and oxygen atoms in total. The fourth-order valence-corrected chi connectivity index (χ4v) is 4.10. The number of nitrogens with zero attached hydrogens (tertiary/aromatic N) is 2. The summed E-state index contributed by atoms with van der Waals surface area (Å²) in [5, 5.41) is 3.67. The fraction of sp³-hybridized carbons (Fsp3) is 0.346. The summed E-state index contributed by atoms with van der Waals surface area (Å²) >= 11 is 0. The van der Waals surface area contributed by atoms with Gasteiger partial charge in [0, 0.05) is 25.3 Å². The summed E-state index contributed by atoms with van der Waals surface area (Å²) in [5.41, 5.74) is 3.45. The van der Waals surface area contributed by atoms with Gasteiger partial charge >= 0.3 is 0 Å². The third kappa shape index (κ3) is 6.06. The maximum atomic E-state index is 5.92. The van der Waals surface area contributed by atoms with Gasteiger partial charge in [-0.15, -0.1) is 0 Å². The van der Waals surface area contributed by atoms with Crippen molar-refractivity contribution < 1.29 is 9.47 Å². The monoisotopic (exact) mass is 417 g/mol. The van der Waals surface area contributed by atoms with Crippen molar-refractivity contribution in [3.05, 3.63) is 89.7 Å². The number of aromatic nitrogens is 1. The molecule has 1 fully saturated rings. The second kappa shape index (κ2) is 10.9. The summed E-state index contributed by atoms with van der Waals surface area (Å²) in [6.45, 7) is 4.48. The van der Waals surface area contributed by atoms with Crippen LogP contribution in [-0.2, 0) is 13.2 Å². The second-order valence-electron chi connectivity index (χ2n) is 7.92. The molecule has 0 bridgehead atoms. The van der Waals surface area contributed by atoms with Crippen LogP contribution in [0.25, 0.3) is 0 Å². The first-order valence-electron chi connectivity index (χ1n) is 11.0. The predicted octanol–water partition coefficient (Wildman–Crippen LogP) is 4.60. The van der Waals surface area contributed by atoms with E-state index in [1.165, 1.54) is 24.0 Å². The van der Waals surface area contributed by atoms with Crippen LogP contribution < -0.4 is 14.8 Å². The topological polar surface area (TPSA) is 46.6 Å². The molecule has 1 aromatic heterocycles. The molecule has 3 aromatic rings. The lowest BCUT2D eigenvalue weighted by Crippen LogP contribution is -2.34. The molecule has 2 heterocycles. The van der Waals surface area contributed by atoms with Gasteiger partial charge in [0.25, 0.3) is 0 Å². The number of hydrogen-bond donors (Lipinski definition) is 1. The van der Waals surface area contributed by atoms with Gasteiger partial charge in [0.15, 0.2) is 0 Å². The minimum Gasteiger partial charge on any atom is -0.497 e. The van der Waals surface area contributed by atoms with Gasteiger partial charge in [0.05, 0.1) is 12.8 Å². The molecular weight excluding hydrogens is 386 g/mol. The van der Waals surface area contributed by atoms with Gasteiger partial charge in [-0.05, 0) is 73.5 Å². The maximum Gasteiger partial charge on any atom is 0.130 e. The van der Waals surface area contributed by atoms with E-state index in [0.717, 1.165) is 43.4 Å². The van der Waals surface area contributed by atoms with Crippen molar-refractivity contribution in [3.8, 4) is 11.5 Å². The third-order valence-electron chi connectivity index (χ3n) is 5.74. The average molecular weight is 418 g/mol. The molecule has 31 heavy (non-hydrogen) atoms. The standard InChI is InChI=1S/C26H31N3O2/c1-30-24-11-7-9-22(17-24)26(29-14-4-5-15-29)19-27-18-21-8-6-12-25(16-21)31-20-23-10-2-3-13-28-23/h2-3,6-13,16-17,26-27H,4-5,14-15,18-20H2,1H3. The lowest BCUT2D eigenvalue weighted by Gasteiger charge is -2.28. The maximum absolute atomic E-state index is 5.92. The van der Waals surface area contributed by atoms with E-state index in [0.29, 0.717) is 12.6 Å². The van der Waals surface area contributed by atoms with Gasteiger partial charge in [-0.2, -0.15) is 0 Å². The van der Waals surface area contributed by atoms with Crippen molar-refractivity contribution in [1.29, 1.82) is 0 Å². The minimum absolute atomic E-state index is 0.348. The predicted molar refractivity (Wildman–Crippen MR) is 123 cm³/mol. The Kier molecular flexibility index (Phi) is 7.53. The summed E-state index contributed by atoms with van der Waals surface area (Å²) in [7, 11) is 1.73. The molecule has 5 heteroatoms. The lowest BCUT2D eigenvalue weighted by molar-refractivity contribution is 0.238. The number of benzene rings is 2. The van der Waals surface area contributed by atoms with E-state index in [2.05, 4.69) is 45.5 Å². The highest BCUT2D eigenvalue weighted by Gasteiger charge is 2.23. The van der Waals surface area contributed by atoms with E-state index in [9.17, 15) is 0 Å². The Morgan fingerprint density at radius 2 is 1.81 bits per heavy atom. The molecule has 1 atom stereocenters. The van der Waals surface area contributed by atoms with E-state index in [4.69, 9.17) is 9.47 Å². The highest BCUT2D eigenvalue weighted by molar-refractivity contribution is 5.31. The summed E-state index contributed by atoms with van der Waals surface area (Å²) in [4.78, 5) is 6.89. The molecule has 0 radical (unpaired) electrons. The first-order valence-corrected chi connectivity index (χ1v) is 11.0. The summed E-state index contributed by atoms with van der Waals surface area (Å²) in [5.74, 6) is 1.79. The van der Waals surface area contributed by atoms with Crippen LogP contribution in [-0.4, -0.2) is 36.6 Å². The molecule has 162 valence electrons. The number of pyridine rings is 1. The summed E-state index contributed by atoms with van der Waals surface area (Å²) < 4.78 is 11.4. The molecule has 0 saturated carbocycles. The largest absolute Gasteiger partial charge is 0.497 e. The molecular formula is C26H31N3O2. The molecule has 2 aromatic carbocycles. The van der Waals surface area contributed by atoms with Gasteiger partial charge in [-0.1, -0.05) is 30.3 Å². The Balaban J connectivity index is 1.36. The number of ether oxygens (including phenoxy) is 2. The van der Waals surface area contributed by atoms with E-state index in [1.54, 1.807) is 13.3 Å². The summed E-state index contributed by atoms with van der Waals surface area (Å²) in [6.07, 6.45) is 4.34. The molecule has 1 aliphatic heterocycles. The van der Waals surface area contributed by atoms with Gasteiger partial charge in [0.2, 0.25) is 0 Å². The van der Waals surface area contributed by atoms with Crippen LogP contribution in [0.3, 0.4) is 0 Å². The van der Waals surface area contributed by atoms with E-state index < -0.39 is 0 Å². The van der Waals surface area contributed by atoms with Crippen molar-refractivity contribution in [2.45, 2.75) is 32.0 Å². The summed E-state index contributed by atoms with van der Waals surface area (Å²) in [6, 6.07) is 23.0. The highest BCUT2D eigenvalue weighted by atomic mass is 16.5. The van der Waals surface area contributed by atoms with Crippen molar-refractivity contribution in [2.75, 3.05) is 26.7 Å². The first-order chi connectivity index (χ1) is 15.3. The molecule has 0 aliphatic carbocycles. The van der Waals surface area contributed by atoms with E-state index in [-0.39, 0.29) is 0 Å². The zero-order valence-corrected chi connectivity index (χ0v) is 18.2. The Morgan fingerprint density at radius 1 is 0.968 bits per heavy atom. The Morgan fingerprint density at radius 3 is 2.61 bits per heavy atom. The SMILES string of the molecule is COc1cccc(C(CNCc2cccc(OCc3ccccn3)c2)N2CCCC2)c1. The van der Waals surface area contributed by atoms with Gasteiger partial charge in [-0.3, -0.25) is 9.88 Å². The Hall–Kier alpha value is -2.89. The van der Waals surface area contributed by atoms with Crippen LogP contribution in [0.4, 0.5) is 0 Å². The van der Waals surface area contributed by atoms with E-state index in [1.807, 2.05) is 36.4 Å². The van der Waals surface area contributed by atoms with Crippen molar-refractivity contribution >= 4 is 0 Å². The van der Waals surface area contributed by atoms with Crippen LogP contribution in [0.1, 0.15) is 35.7 Å². The van der Waals surface area contributed by atoms with Crippen LogP contribution in [0.2, 0.25) is 0 Å². The molecule has 0 amide bonds. The van der Waals surface area contributed by atoms with Crippen molar-refractivity contribution in [2.24, 2.45) is 0 Å². The molecule has 0 spiro atoms. The zero-order valence-electron chi connectivity index (χ0n) is 18.2. The number of methoxy groups -OCH3 is 1. The minimum atomic E-state index is 0.348. The normalized spacial score (nSPS) is 15.0. The van der Waals surface area contributed by atoms with Crippen LogP contribution in [0.15, 0.2) is 72.9 Å². The number of hydrogen-bond acceptors (Lipinski definition) is 5. The second-order valence-corrected chi connectivity index (χ2v) is 7.92. The smallest absolute Gasteiger partial charge is 0.130 e. The van der Waals surface area contributed by atoms with E-state index >= 15 is 0 Å². The molecule has 1 unspecified atom stereocenters. The molecule has 1 saturated heterocycles. The van der Waals surface area contributed by atoms with Gasteiger partial charge in [-0.25, -0.2) is 0 Å². The highest BCUT2D eigenvalue weighted by Crippen LogP contribution is 2.27. The van der Waals surface area contributed by atoms with Crippen molar-refractivity contribution in [1.82, 2.24) is 15.2 Å². The quantitative estimate of drug-likeness (QED) is 0.523. The Labute approximate surface area is 185 Å². The molecule has 1 aliphatic rings. The van der Waals surface area contributed by atoms with Crippen molar-refractivity contribution in [3.63, 3.8) is 0 Å². The van der Waals surface area contributed by atoms with Crippen LogP contribution in [0, 0.1) is 0 Å². The van der Waals surface area contributed by atoms with Crippen LogP contribution >= 0.6 is 0 Å². The molecule has 1 N–H and O–H groups in total. The number of rotatable bonds is 10. The number of likely N-dealkylation sites (tertiary alicyclic amines) is 1. The lowest BCUT2D eigenvalue weighted by atomic mass is 10.0. The zero-order chi connectivity index (χ0) is 21.3. The Bertz CT molecular complexity index is 942. The molecule has 4 rings (SSSR count). The average Bonchev–Trinajstić information content (AvgIpc) is 3.36.